The highest BCUT2D eigenvalue weighted by atomic mass is 32.2. The summed E-state index contributed by atoms with van der Waals surface area (Å²) in [6.07, 6.45) is 0. The van der Waals surface area contributed by atoms with Crippen LogP contribution >= 0.6 is 0 Å². The molecule has 3 N–H and O–H groups in total. The van der Waals surface area contributed by atoms with E-state index < -0.39 is 32.7 Å². The summed E-state index contributed by atoms with van der Waals surface area (Å²) in [5.74, 6) is -1.73. The number of halogens is 1. The Kier molecular flexibility index (Phi) is 4.25. The maximum Gasteiger partial charge on any atom is 0.323 e. The summed E-state index contributed by atoms with van der Waals surface area (Å²) in [4.78, 5) is 10.5. The Morgan fingerprint density at radius 2 is 2.11 bits per heavy atom. The Labute approximate surface area is 104 Å². The van der Waals surface area contributed by atoms with E-state index >= 15 is 0 Å². The summed E-state index contributed by atoms with van der Waals surface area (Å²) in [5.41, 5.74) is 5.49. The summed E-state index contributed by atoms with van der Waals surface area (Å²) in [6.45, 7) is 1.29. The van der Waals surface area contributed by atoms with Gasteiger partial charge in [0.15, 0.2) is 0 Å². The summed E-state index contributed by atoms with van der Waals surface area (Å²) < 4.78 is 43.4. The van der Waals surface area contributed by atoms with Gasteiger partial charge in [-0.05, 0) is 25.1 Å². The molecular weight excluding hydrogens is 263 g/mol. The molecule has 0 saturated heterocycles. The highest BCUT2D eigenvalue weighted by molar-refractivity contribution is 7.89. The molecular formula is C10H13FN2O4S. The van der Waals surface area contributed by atoms with Gasteiger partial charge in [0, 0.05) is 5.69 Å². The molecule has 0 saturated carbocycles. The van der Waals surface area contributed by atoms with Gasteiger partial charge in [0.05, 0.1) is 7.11 Å². The van der Waals surface area contributed by atoms with Gasteiger partial charge in [0.2, 0.25) is 10.0 Å². The van der Waals surface area contributed by atoms with Gasteiger partial charge in [0.25, 0.3) is 0 Å². The van der Waals surface area contributed by atoms with Crippen molar-refractivity contribution < 1.29 is 22.3 Å². The second-order valence-corrected chi connectivity index (χ2v) is 5.24. The Morgan fingerprint density at radius 3 is 2.67 bits per heavy atom. The fraction of sp³-hybridized carbons (Fsp3) is 0.300. The SMILES string of the molecule is COC(=O)C(C)NS(=O)(=O)c1cc(N)ccc1F. The lowest BCUT2D eigenvalue weighted by Gasteiger charge is -2.12. The molecule has 1 aromatic carbocycles. The van der Waals surface area contributed by atoms with Gasteiger partial charge in [-0.25, -0.2) is 12.8 Å². The number of anilines is 1. The third kappa shape index (κ3) is 3.17. The lowest BCUT2D eigenvalue weighted by molar-refractivity contribution is -0.142. The Hall–Kier alpha value is -1.67. The number of nitrogens with one attached hydrogen (secondary N) is 1. The minimum atomic E-state index is -4.17. The van der Waals surface area contributed by atoms with Crippen LogP contribution in [0.5, 0.6) is 0 Å². The number of nitrogens with two attached hydrogens (primary N) is 1. The Balaban J connectivity index is 3.07. The monoisotopic (exact) mass is 276 g/mol. The van der Waals surface area contributed by atoms with Gasteiger partial charge in [-0.3, -0.25) is 4.79 Å². The van der Waals surface area contributed by atoms with Crippen LogP contribution in [0, 0.1) is 5.82 Å². The van der Waals surface area contributed by atoms with Crippen LogP contribution in [-0.2, 0) is 19.6 Å². The first-order chi connectivity index (χ1) is 8.27. The molecule has 0 radical (unpaired) electrons. The number of carbonyl (C=O) groups is 1. The number of sulfonamides is 1. The van der Waals surface area contributed by atoms with Crippen LogP contribution in [0.15, 0.2) is 23.1 Å². The van der Waals surface area contributed by atoms with Gasteiger partial charge in [-0.15, -0.1) is 0 Å². The number of benzene rings is 1. The molecule has 8 heteroatoms. The van der Waals surface area contributed by atoms with Crippen molar-refractivity contribution in [1.29, 1.82) is 0 Å². The van der Waals surface area contributed by atoms with Crippen LogP contribution in [-0.4, -0.2) is 27.5 Å². The average molecular weight is 276 g/mol. The average Bonchev–Trinajstić information content (AvgIpc) is 2.30. The molecule has 100 valence electrons. The van der Waals surface area contributed by atoms with Crippen molar-refractivity contribution in [3.8, 4) is 0 Å². The fourth-order valence-corrected chi connectivity index (χ4v) is 2.55. The van der Waals surface area contributed by atoms with E-state index in [1.54, 1.807) is 0 Å². The van der Waals surface area contributed by atoms with E-state index in [4.69, 9.17) is 5.73 Å². The summed E-state index contributed by atoms with van der Waals surface area (Å²) in [5, 5.41) is 0. The van der Waals surface area contributed by atoms with E-state index in [1.165, 1.54) is 13.0 Å². The molecule has 0 amide bonds. The predicted octanol–water partition coefficient (Wildman–Crippen LogP) is 0.248. The molecule has 0 aliphatic rings. The summed E-state index contributed by atoms with van der Waals surface area (Å²) >= 11 is 0. The second kappa shape index (κ2) is 5.32. The van der Waals surface area contributed by atoms with Crippen molar-refractivity contribution in [2.45, 2.75) is 17.9 Å². The highest BCUT2D eigenvalue weighted by Crippen LogP contribution is 2.17. The minimum absolute atomic E-state index is 0.0995. The van der Waals surface area contributed by atoms with Gasteiger partial charge in [-0.1, -0.05) is 0 Å². The van der Waals surface area contributed by atoms with E-state index in [-0.39, 0.29) is 5.69 Å². The number of nitrogen functional groups attached to an aromatic ring is 1. The van der Waals surface area contributed by atoms with Crippen LogP contribution in [0.3, 0.4) is 0 Å². The van der Waals surface area contributed by atoms with Crippen LogP contribution in [0.2, 0.25) is 0 Å². The first-order valence-electron chi connectivity index (χ1n) is 4.93. The topological polar surface area (TPSA) is 98.5 Å². The molecule has 0 fully saturated rings. The largest absolute Gasteiger partial charge is 0.468 e. The first-order valence-corrected chi connectivity index (χ1v) is 6.41. The molecule has 0 aliphatic heterocycles. The van der Waals surface area contributed by atoms with Crippen molar-refractivity contribution in [3.05, 3.63) is 24.0 Å². The zero-order valence-electron chi connectivity index (χ0n) is 9.81. The van der Waals surface area contributed by atoms with Crippen LogP contribution in [0.4, 0.5) is 10.1 Å². The second-order valence-electron chi connectivity index (χ2n) is 3.56. The van der Waals surface area contributed by atoms with E-state index in [0.29, 0.717) is 0 Å². The number of hydrogen-bond acceptors (Lipinski definition) is 5. The molecule has 0 bridgehead atoms. The normalized spacial score (nSPS) is 13.1. The maximum atomic E-state index is 13.4. The number of rotatable bonds is 4. The number of esters is 1. The Morgan fingerprint density at radius 1 is 1.50 bits per heavy atom. The minimum Gasteiger partial charge on any atom is -0.468 e. The molecule has 0 heterocycles. The van der Waals surface area contributed by atoms with Gasteiger partial charge >= 0.3 is 5.97 Å². The lowest BCUT2D eigenvalue weighted by Crippen LogP contribution is -2.39. The summed E-state index contributed by atoms with van der Waals surface area (Å²) in [7, 11) is -3.05. The van der Waals surface area contributed by atoms with Crippen LogP contribution < -0.4 is 10.5 Å². The zero-order chi connectivity index (χ0) is 13.9. The zero-order valence-corrected chi connectivity index (χ0v) is 10.6. The molecule has 18 heavy (non-hydrogen) atoms. The van der Waals surface area contributed by atoms with Crippen LogP contribution in [0.25, 0.3) is 0 Å². The first kappa shape index (κ1) is 14.4. The van der Waals surface area contributed by atoms with Crippen molar-refractivity contribution in [3.63, 3.8) is 0 Å². The predicted molar refractivity (Wildman–Crippen MR) is 62.6 cm³/mol. The number of methoxy groups -OCH3 is 1. The molecule has 1 rings (SSSR count). The third-order valence-corrected chi connectivity index (χ3v) is 3.69. The van der Waals surface area contributed by atoms with Crippen molar-refractivity contribution in [1.82, 2.24) is 4.72 Å². The van der Waals surface area contributed by atoms with E-state index in [0.717, 1.165) is 19.2 Å². The fourth-order valence-electron chi connectivity index (χ4n) is 1.25. The Bertz CT molecular complexity index is 559. The quantitative estimate of drug-likeness (QED) is 0.606. The van der Waals surface area contributed by atoms with Gasteiger partial charge < -0.3 is 10.5 Å². The van der Waals surface area contributed by atoms with Crippen molar-refractivity contribution in [2.75, 3.05) is 12.8 Å². The maximum absolute atomic E-state index is 13.4. The molecule has 0 aromatic heterocycles. The standard InChI is InChI=1S/C10H13FN2O4S/c1-6(10(14)17-2)13-18(15,16)9-5-7(12)3-4-8(9)11/h3-6,13H,12H2,1-2H3. The number of hydrogen-bond donors (Lipinski definition) is 2. The lowest BCUT2D eigenvalue weighted by atomic mass is 10.3. The number of carbonyl (C=O) groups excluding carboxylic acids is 1. The molecule has 0 aliphatic carbocycles. The molecule has 1 aromatic rings. The van der Waals surface area contributed by atoms with Crippen molar-refractivity contribution in [2.24, 2.45) is 0 Å². The molecule has 6 nitrogen and oxygen atoms in total. The molecule has 1 atom stereocenters. The van der Waals surface area contributed by atoms with E-state index in [9.17, 15) is 17.6 Å². The van der Waals surface area contributed by atoms with E-state index in [2.05, 4.69) is 4.74 Å². The highest BCUT2D eigenvalue weighted by Gasteiger charge is 2.25. The molecule has 1 unspecified atom stereocenters. The van der Waals surface area contributed by atoms with Gasteiger partial charge in [-0.2, -0.15) is 4.72 Å². The van der Waals surface area contributed by atoms with Crippen LogP contribution in [0.1, 0.15) is 6.92 Å². The molecule has 0 spiro atoms. The van der Waals surface area contributed by atoms with E-state index in [1.807, 2.05) is 4.72 Å². The third-order valence-electron chi connectivity index (χ3n) is 2.13. The summed E-state index contributed by atoms with van der Waals surface area (Å²) in [6, 6.07) is 2.02. The number of ether oxygens (including phenoxy) is 1. The smallest absolute Gasteiger partial charge is 0.323 e. The van der Waals surface area contributed by atoms with Crippen molar-refractivity contribution >= 4 is 21.7 Å². The van der Waals surface area contributed by atoms with Gasteiger partial charge in [0.1, 0.15) is 16.8 Å².